The number of carbonyl (C=O) groups is 1. The SMILES string of the molecule is C[C@@H]1[C@H](C)CCC[C@H]1NC(=O)Cn1nnc(-c2ccccc2)n1. The van der Waals surface area contributed by atoms with E-state index in [4.69, 9.17) is 0 Å². The quantitative estimate of drug-likeness (QED) is 0.940. The number of tetrazole rings is 1. The van der Waals surface area contributed by atoms with E-state index in [1.54, 1.807) is 0 Å². The molecule has 2 aromatic rings. The first kappa shape index (κ1) is 15.6. The van der Waals surface area contributed by atoms with Crippen molar-refractivity contribution in [1.82, 2.24) is 25.5 Å². The van der Waals surface area contributed by atoms with Crippen molar-refractivity contribution in [3.05, 3.63) is 30.3 Å². The molecule has 1 aromatic carbocycles. The first-order valence-electron chi connectivity index (χ1n) is 8.26. The van der Waals surface area contributed by atoms with Gasteiger partial charge in [-0.25, -0.2) is 0 Å². The second-order valence-electron chi connectivity index (χ2n) is 6.45. The van der Waals surface area contributed by atoms with E-state index >= 15 is 0 Å². The third-order valence-corrected chi connectivity index (χ3v) is 4.82. The lowest BCUT2D eigenvalue weighted by atomic mass is 9.78. The lowest BCUT2D eigenvalue weighted by molar-refractivity contribution is -0.123. The van der Waals surface area contributed by atoms with Crippen molar-refractivity contribution in [2.24, 2.45) is 11.8 Å². The third-order valence-electron chi connectivity index (χ3n) is 4.82. The number of hydrogen-bond donors (Lipinski definition) is 1. The van der Waals surface area contributed by atoms with Gasteiger partial charge < -0.3 is 5.32 Å². The molecule has 0 saturated heterocycles. The maximum Gasteiger partial charge on any atom is 0.243 e. The molecule has 1 aliphatic carbocycles. The number of hydrogen-bond acceptors (Lipinski definition) is 4. The highest BCUT2D eigenvalue weighted by atomic mass is 16.2. The minimum atomic E-state index is -0.0482. The van der Waals surface area contributed by atoms with Gasteiger partial charge in [0, 0.05) is 11.6 Å². The van der Waals surface area contributed by atoms with Crippen molar-refractivity contribution in [2.45, 2.75) is 45.7 Å². The average molecular weight is 313 g/mol. The van der Waals surface area contributed by atoms with Crippen molar-refractivity contribution >= 4 is 5.91 Å². The van der Waals surface area contributed by atoms with Gasteiger partial charge in [0.05, 0.1) is 0 Å². The van der Waals surface area contributed by atoms with Gasteiger partial charge in [-0.15, -0.1) is 10.2 Å². The molecular weight excluding hydrogens is 290 g/mol. The fourth-order valence-electron chi connectivity index (χ4n) is 3.18. The van der Waals surface area contributed by atoms with E-state index in [2.05, 4.69) is 34.6 Å². The maximum absolute atomic E-state index is 12.2. The lowest BCUT2D eigenvalue weighted by Crippen LogP contribution is -2.45. The molecule has 3 atom stereocenters. The van der Waals surface area contributed by atoms with Gasteiger partial charge in [-0.2, -0.15) is 4.80 Å². The summed E-state index contributed by atoms with van der Waals surface area (Å²) < 4.78 is 0. The smallest absolute Gasteiger partial charge is 0.243 e. The van der Waals surface area contributed by atoms with Gasteiger partial charge in [0.25, 0.3) is 0 Å². The lowest BCUT2D eigenvalue weighted by Gasteiger charge is -2.34. The molecule has 1 aliphatic rings. The summed E-state index contributed by atoms with van der Waals surface area (Å²) in [5, 5.41) is 15.4. The Balaban J connectivity index is 1.59. The van der Waals surface area contributed by atoms with Crippen molar-refractivity contribution in [1.29, 1.82) is 0 Å². The van der Waals surface area contributed by atoms with Crippen LogP contribution in [0, 0.1) is 11.8 Å². The zero-order valence-corrected chi connectivity index (χ0v) is 13.6. The normalized spacial score (nSPS) is 24.3. The summed E-state index contributed by atoms with van der Waals surface area (Å²) in [4.78, 5) is 13.6. The molecule has 0 radical (unpaired) electrons. The van der Waals surface area contributed by atoms with Crippen LogP contribution in [0.1, 0.15) is 33.1 Å². The van der Waals surface area contributed by atoms with Crippen LogP contribution in [-0.4, -0.2) is 32.2 Å². The van der Waals surface area contributed by atoms with Crippen molar-refractivity contribution in [3.8, 4) is 11.4 Å². The van der Waals surface area contributed by atoms with Crippen molar-refractivity contribution < 1.29 is 4.79 Å². The molecule has 1 heterocycles. The van der Waals surface area contributed by atoms with Gasteiger partial charge in [0.2, 0.25) is 11.7 Å². The molecule has 0 unspecified atom stereocenters. The topological polar surface area (TPSA) is 72.7 Å². The Bertz CT molecular complexity index is 654. The Morgan fingerprint density at radius 1 is 1.26 bits per heavy atom. The number of carbonyl (C=O) groups excluding carboxylic acids is 1. The molecule has 0 spiro atoms. The predicted octanol–water partition coefficient (Wildman–Crippen LogP) is 2.28. The monoisotopic (exact) mass is 313 g/mol. The third kappa shape index (κ3) is 3.75. The van der Waals surface area contributed by atoms with E-state index < -0.39 is 0 Å². The Hall–Kier alpha value is -2.24. The van der Waals surface area contributed by atoms with Gasteiger partial charge in [-0.05, 0) is 23.5 Å². The van der Waals surface area contributed by atoms with Crippen LogP contribution in [-0.2, 0) is 11.3 Å². The summed E-state index contributed by atoms with van der Waals surface area (Å²) in [6.45, 7) is 4.58. The summed E-state index contributed by atoms with van der Waals surface area (Å²) in [7, 11) is 0. The van der Waals surface area contributed by atoms with Crippen LogP contribution in [0.4, 0.5) is 0 Å². The van der Waals surface area contributed by atoms with Gasteiger partial charge in [-0.1, -0.05) is 57.0 Å². The van der Waals surface area contributed by atoms with E-state index in [1.165, 1.54) is 17.6 Å². The fourth-order valence-corrected chi connectivity index (χ4v) is 3.18. The van der Waals surface area contributed by atoms with Gasteiger partial charge in [0.1, 0.15) is 6.54 Å². The highest BCUT2D eigenvalue weighted by molar-refractivity contribution is 5.75. The molecule has 1 fully saturated rings. The summed E-state index contributed by atoms with van der Waals surface area (Å²) in [6.07, 6.45) is 3.48. The highest BCUT2D eigenvalue weighted by Crippen LogP contribution is 2.29. The van der Waals surface area contributed by atoms with Crippen LogP contribution < -0.4 is 5.32 Å². The predicted molar refractivity (Wildman–Crippen MR) is 87.4 cm³/mol. The highest BCUT2D eigenvalue weighted by Gasteiger charge is 2.28. The summed E-state index contributed by atoms with van der Waals surface area (Å²) in [5.74, 6) is 1.66. The Morgan fingerprint density at radius 2 is 2.04 bits per heavy atom. The first-order chi connectivity index (χ1) is 11.1. The number of nitrogens with one attached hydrogen (secondary N) is 1. The maximum atomic E-state index is 12.2. The van der Waals surface area contributed by atoms with Crippen molar-refractivity contribution in [3.63, 3.8) is 0 Å². The number of aromatic nitrogens is 4. The molecule has 1 aromatic heterocycles. The zero-order chi connectivity index (χ0) is 16.2. The van der Waals surface area contributed by atoms with E-state index in [0.29, 0.717) is 17.7 Å². The minimum absolute atomic E-state index is 0.0482. The van der Waals surface area contributed by atoms with Gasteiger partial charge in [-0.3, -0.25) is 4.79 Å². The molecule has 23 heavy (non-hydrogen) atoms. The standard InChI is InChI=1S/C17H23N5O/c1-12-7-6-10-15(13(12)2)18-16(23)11-22-20-17(19-21-22)14-8-4-3-5-9-14/h3-5,8-9,12-13,15H,6-7,10-11H2,1-2H3,(H,18,23)/t12-,13-,15-/m1/s1. The molecular formula is C17H23N5O. The van der Waals surface area contributed by atoms with Crippen LogP contribution in [0.3, 0.4) is 0 Å². The summed E-state index contributed by atoms with van der Waals surface area (Å²) >= 11 is 0. The number of nitrogens with zero attached hydrogens (tertiary/aromatic N) is 4. The Kier molecular flexibility index (Phi) is 4.69. The number of amides is 1. The molecule has 1 N–H and O–H groups in total. The van der Waals surface area contributed by atoms with Crippen LogP contribution >= 0.6 is 0 Å². The van der Waals surface area contributed by atoms with E-state index in [-0.39, 0.29) is 18.5 Å². The number of rotatable bonds is 4. The molecule has 0 bridgehead atoms. The van der Waals surface area contributed by atoms with Gasteiger partial charge in [0.15, 0.2) is 0 Å². The second kappa shape index (κ2) is 6.89. The van der Waals surface area contributed by atoms with Crippen LogP contribution in [0.2, 0.25) is 0 Å². The average Bonchev–Trinajstić information content (AvgIpc) is 3.01. The summed E-state index contributed by atoms with van der Waals surface area (Å²) in [6, 6.07) is 9.89. The molecule has 1 amide bonds. The molecule has 0 aliphatic heterocycles. The molecule has 122 valence electrons. The Morgan fingerprint density at radius 3 is 2.83 bits per heavy atom. The zero-order valence-electron chi connectivity index (χ0n) is 13.6. The second-order valence-corrected chi connectivity index (χ2v) is 6.45. The number of benzene rings is 1. The van der Waals surface area contributed by atoms with Crippen molar-refractivity contribution in [2.75, 3.05) is 0 Å². The minimum Gasteiger partial charge on any atom is -0.351 e. The largest absolute Gasteiger partial charge is 0.351 e. The first-order valence-corrected chi connectivity index (χ1v) is 8.26. The summed E-state index contributed by atoms with van der Waals surface area (Å²) in [5.41, 5.74) is 0.897. The molecule has 6 nitrogen and oxygen atoms in total. The van der Waals surface area contributed by atoms with Crippen LogP contribution in [0.5, 0.6) is 0 Å². The molecule has 1 saturated carbocycles. The van der Waals surface area contributed by atoms with E-state index in [1.807, 2.05) is 30.3 Å². The molecule has 6 heteroatoms. The fraction of sp³-hybridized carbons (Fsp3) is 0.529. The van der Waals surface area contributed by atoms with Crippen LogP contribution in [0.15, 0.2) is 30.3 Å². The van der Waals surface area contributed by atoms with E-state index in [9.17, 15) is 4.79 Å². The Labute approximate surface area is 136 Å². The van der Waals surface area contributed by atoms with Crippen LogP contribution in [0.25, 0.3) is 11.4 Å². The van der Waals surface area contributed by atoms with Gasteiger partial charge >= 0.3 is 0 Å². The van der Waals surface area contributed by atoms with E-state index in [0.717, 1.165) is 12.0 Å². The molecule has 3 rings (SSSR count).